The van der Waals surface area contributed by atoms with Crippen LogP contribution in [0.5, 0.6) is 0 Å². The molecule has 0 aromatic heterocycles. The maximum atomic E-state index is 12.4. The quantitative estimate of drug-likeness (QED) is 0.267. The summed E-state index contributed by atoms with van der Waals surface area (Å²) in [6.07, 6.45) is 20.0. The van der Waals surface area contributed by atoms with Crippen molar-refractivity contribution >= 4 is 11.6 Å². The van der Waals surface area contributed by atoms with Crippen LogP contribution in [-0.4, -0.2) is 11.6 Å². The third kappa shape index (κ3) is 11.1. The van der Waals surface area contributed by atoms with Gasteiger partial charge in [-0.1, -0.05) is 84.5 Å². The van der Waals surface area contributed by atoms with Crippen molar-refractivity contribution < 1.29 is 9.59 Å². The predicted octanol–water partition coefficient (Wildman–Crippen LogP) is 7.43. The first kappa shape index (κ1) is 23.4. The molecule has 0 aliphatic heterocycles. The van der Waals surface area contributed by atoms with Gasteiger partial charge >= 0.3 is 0 Å². The summed E-state index contributed by atoms with van der Waals surface area (Å²) >= 11 is 0. The van der Waals surface area contributed by atoms with E-state index in [1.807, 2.05) is 0 Å². The van der Waals surface area contributed by atoms with E-state index < -0.39 is 0 Å². The smallest absolute Gasteiger partial charge is 0.133 e. The Hall–Kier alpha value is -0.660. The minimum absolute atomic E-state index is 0.367. The molecule has 1 unspecified atom stereocenters. The average Bonchev–Trinajstić information content (AvgIpc) is 2.64. The van der Waals surface area contributed by atoms with Crippen molar-refractivity contribution in [2.45, 2.75) is 129 Å². The summed E-state index contributed by atoms with van der Waals surface area (Å²) in [5.74, 6) is 2.18. The molecule has 2 atom stereocenters. The van der Waals surface area contributed by atoms with Gasteiger partial charge in [0.05, 0.1) is 0 Å². The largest absolute Gasteiger partial charge is 0.300 e. The lowest BCUT2D eigenvalue weighted by atomic mass is 9.74. The Morgan fingerprint density at radius 3 is 1.96 bits per heavy atom. The molecule has 0 aromatic carbocycles. The van der Waals surface area contributed by atoms with Gasteiger partial charge in [-0.3, -0.25) is 9.59 Å². The van der Waals surface area contributed by atoms with E-state index in [9.17, 15) is 9.59 Å². The number of unbranched alkanes of at least 4 members (excludes halogenated alkanes) is 6. The topological polar surface area (TPSA) is 34.1 Å². The van der Waals surface area contributed by atoms with Crippen molar-refractivity contribution in [1.82, 2.24) is 0 Å². The summed E-state index contributed by atoms with van der Waals surface area (Å²) in [5, 5.41) is 0. The normalized spacial score (nSPS) is 20.2. The van der Waals surface area contributed by atoms with Gasteiger partial charge in [-0.05, 0) is 31.1 Å². The molecule has 1 saturated carbocycles. The molecule has 0 bridgehead atoms. The van der Waals surface area contributed by atoms with Gasteiger partial charge in [0.1, 0.15) is 11.6 Å². The number of carbonyl (C=O) groups excluding carboxylic acids is 2. The van der Waals surface area contributed by atoms with Gasteiger partial charge in [0.2, 0.25) is 0 Å². The second-order valence-electron chi connectivity index (χ2n) is 8.60. The Bertz CT molecular complexity index is 374. The fourth-order valence-corrected chi connectivity index (χ4v) is 4.50. The zero-order valence-electron chi connectivity index (χ0n) is 17.7. The van der Waals surface area contributed by atoms with Crippen molar-refractivity contribution in [2.75, 3.05) is 0 Å². The highest BCUT2D eigenvalue weighted by molar-refractivity contribution is 5.81. The van der Waals surface area contributed by atoms with E-state index >= 15 is 0 Å². The monoisotopic (exact) mass is 364 g/mol. The van der Waals surface area contributed by atoms with E-state index in [4.69, 9.17) is 0 Å². The first-order valence-corrected chi connectivity index (χ1v) is 11.7. The molecule has 0 spiro atoms. The van der Waals surface area contributed by atoms with Gasteiger partial charge in [0.25, 0.3) is 0 Å². The minimum atomic E-state index is 0.367. The molecule has 152 valence electrons. The Morgan fingerprint density at radius 2 is 1.23 bits per heavy atom. The summed E-state index contributed by atoms with van der Waals surface area (Å²) in [4.78, 5) is 24.3. The summed E-state index contributed by atoms with van der Waals surface area (Å²) in [6, 6.07) is 0. The van der Waals surface area contributed by atoms with Crippen molar-refractivity contribution in [2.24, 2.45) is 11.8 Å². The molecule has 0 aromatic rings. The molecule has 0 radical (unpaired) electrons. The Kier molecular flexibility index (Phi) is 13.9. The maximum absolute atomic E-state index is 12.4. The van der Waals surface area contributed by atoms with E-state index in [-0.39, 0.29) is 0 Å². The lowest BCUT2D eigenvalue weighted by molar-refractivity contribution is -0.121. The van der Waals surface area contributed by atoms with Gasteiger partial charge in [-0.15, -0.1) is 0 Å². The Balaban J connectivity index is 2.10. The fourth-order valence-electron chi connectivity index (χ4n) is 4.50. The number of hydrogen-bond acceptors (Lipinski definition) is 2. The Morgan fingerprint density at radius 1 is 0.654 bits per heavy atom. The van der Waals surface area contributed by atoms with Gasteiger partial charge in [0.15, 0.2) is 0 Å². The fraction of sp³-hybridized carbons (Fsp3) is 0.917. The van der Waals surface area contributed by atoms with Crippen LogP contribution in [0.3, 0.4) is 0 Å². The van der Waals surface area contributed by atoms with Crippen LogP contribution in [0.25, 0.3) is 0 Å². The molecule has 1 aliphatic rings. The first-order valence-electron chi connectivity index (χ1n) is 11.7. The number of carbonyl (C=O) groups is 2. The molecule has 0 amide bonds. The van der Waals surface area contributed by atoms with Crippen LogP contribution in [0, 0.1) is 11.8 Å². The van der Waals surface area contributed by atoms with Crippen LogP contribution in [0.1, 0.15) is 129 Å². The molecule has 1 fully saturated rings. The molecule has 0 N–H and O–H groups in total. The molecule has 2 nitrogen and oxygen atoms in total. The lowest BCUT2D eigenvalue weighted by Gasteiger charge is -2.31. The highest BCUT2D eigenvalue weighted by atomic mass is 16.1. The third-order valence-corrected chi connectivity index (χ3v) is 6.21. The summed E-state index contributed by atoms with van der Waals surface area (Å²) in [5.41, 5.74) is 0. The second-order valence-corrected chi connectivity index (χ2v) is 8.60. The SMILES string of the molecule is CCCCCCCCC(=O)CCCC(=O)C[C@H]1CCCCC1CCCC. The highest BCUT2D eigenvalue weighted by Gasteiger charge is 2.26. The van der Waals surface area contributed by atoms with Crippen LogP contribution >= 0.6 is 0 Å². The predicted molar refractivity (Wildman–Crippen MR) is 111 cm³/mol. The van der Waals surface area contributed by atoms with E-state index in [0.717, 1.165) is 31.6 Å². The molecular weight excluding hydrogens is 320 g/mol. The van der Waals surface area contributed by atoms with Crippen molar-refractivity contribution in [3.05, 3.63) is 0 Å². The van der Waals surface area contributed by atoms with Gasteiger partial charge in [-0.25, -0.2) is 0 Å². The zero-order valence-corrected chi connectivity index (χ0v) is 17.7. The van der Waals surface area contributed by atoms with E-state index in [1.165, 1.54) is 77.0 Å². The molecule has 1 rings (SSSR count). The summed E-state index contributed by atoms with van der Waals surface area (Å²) in [6.45, 7) is 4.48. The van der Waals surface area contributed by atoms with Crippen molar-refractivity contribution in [3.8, 4) is 0 Å². The van der Waals surface area contributed by atoms with Crippen molar-refractivity contribution in [3.63, 3.8) is 0 Å². The maximum Gasteiger partial charge on any atom is 0.133 e. The second kappa shape index (κ2) is 15.4. The highest BCUT2D eigenvalue weighted by Crippen LogP contribution is 2.36. The number of ketones is 2. The number of Topliss-reactive ketones (excluding diaryl/α,β-unsaturated/α-hetero) is 2. The minimum Gasteiger partial charge on any atom is -0.300 e. The summed E-state index contributed by atoms with van der Waals surface area (Å²) < 4.78 is 0. The lowest BCUT2D eigenvalue weighted by Crippen LogP contribution is -2.22. The number of rotatable bonds is 16. The molecule has 26 heavy (non-hydrogen) atoms. The molecule has 0 heterocycles. The molecule has 2 heteroatoms. The van der Waals surface area contributed by atoms with Gasteiger partial charge in [0, 0.05) is 25.7 Å². The third-order valence-electron chi connectivity index (χ3n) is 6.21. The van der Waals surface area contributed by atoms with Crippen LogP contribution in [0.4, 0.5) is 0 Å². The van der Waals surface area contributed by atoms with E-state index in [1.54, 1.807) is 0 Å². The average molecular weight is 365 g/mol. The number of hydrogen-bond donors (Lipinski definition) is 0. The van der Waals surface area contributed by atoms with Crippen LogP contribution in [0.15, 0.2) is 0 Å². The van der Waals surface area contributed by atoms with Crippen LogP contribution < -0.4 is 0 Å². The van der Waals surface area contributed by atoms with Crippen molar-refractivity contribution in [1.29, 1.82) is 0 Å². The Labute approximate surface area is 162 Å². The first-order chi connectivity index (χ1) is 12.7. The molecular formula is C24H44O2. The standard InChI is InChI=1S/C24H44O2/c1-3-5-7-8-9-10-17-23(25)18-13-19-24(26)20-22-16-12-11-15-21(22)14-6-4-2/h21-22H,3-20H2,1-2H3/t21?,22-/m1/s1. The van der Waals surface area contributed by atoms with Gasteiger partial charge < -0.3 is 0 Å². The van der Waals surface area contributed by atoms with Crippen LogP contribution in [-0.2, 0) is 9.59 Å². The zero-order chi connectivity index (χ0) is 19.0. The summed E-state index contributed by atoms with van der Waals surface area (Å²) in [7, 11) is 0. The van der Waals surface area contributed by atoms with E-state index in [0.29, 0.717) is 30.3 Å². The molecule has 0 saturated heterocycles. The van der Waals surface area contributed by atoms with Crippen LogP contribution in [0.2, 0.25) is 0 Å². The molecule has 1 aliphatic carbocycles. The van der Waals surface area contributed by atoms with E-state index in [2.05, 4.69) is 13.8 Å². The van der Waals surface area contributed by atoms with Gasteiger partial charge in [-0.2, -0.15) is 0 Å².